The van der Waals surface area contributed by atoms with E-state index in [2.05, 4.69) is 4.99 Å². The number of hydrogen-bond donors (Lipinski definition) is 1. The number of aliphatic imine (C=N–C) groups is 1. The second kappa shape index (κ2) is 4.49. The minimum Gasteiger partial charge on any atom is -0.386 e. The smallest absolute Gasteiger partial charge is 0.115 e. The Kier molecular flexibility index (Phi) is 3.58. The molecule has 13 heavy (non-hydrogen) atoms. The zero-order valence-corrected chi connectivity index (χ0v) is 8.73. The average molecular weight is 217 g/mol. The maximum atomic E-state index is 5.89. The van der Waals surface area contributed by atoms with Gasteiger partial charge >= 0.3 is 0 Å². The largest absolute Gasteiger partial charge is 0.386 e. The summed E-state index contributed by atoms with van der Waals surface area (Å²) in [5.74, 6) is 0.582. The summed E-state index contributed by atoms with van der Waals surface area (Å²) in [5.41, 5.74) is 7.24. The van der Waals surface area contributed by atoms with Crippen LogP contribution in [0.4, 0.5) is 5.69 Å². The third-order valence-electron chi connectivity index (χ3n) is 1.50. The van der Waals surface area contributed by atoms with Crippen molar-refractivity contribution in [1.29, 1.82) is 0 Å². The summed E-state index contributed by atoms with van der Waals surface area (Å²) in [4.78, 5) is 4.07. The lowest BCUT2D eigenvalue weighted by Crippen LogP contribution is -2.12. The Balaban J connectivity index is 3.07. The number of hydrogen-bond acceptors (Lipinski definition) is 1. The van der Waals surface area contributed by atoms with Gasteiger partial charge in [-0.1, -0.05) is 17.7 Å². The van der Waals surface area contributed by atoms with Crippen molar-refractivity contribution in [2.24, 2.45) is 10.7 Å². The molecule has 0 aliphatic rings. The molecule has 1 aromatic rings. The quantitative estimate of drug-likeness (QED) is 0.461. The predicted molar refractivity (Wildman–Crippen MR) is 58.2 cm³/mol. The molecule has 0 spiro atoms. The van der Waals surface area contributed by atoms with Crippen molar-refractivity contribution < 1.29 is 0 Å². The molecule has 1 rings (SSSR count). The van der Waals surface area contributed by atoms with Crippen LogP contribution in [0.2, 0.25) is 5.02 Å². The van der Waals surface area contributed by atoms with Crippen LogP contribution in [0.3, 0.4) is 0 Å². The predicted octanol–water partition coefficient (Wildman–Crippen LogP) is 2.88. The molecule has 0 aliphatic heterocycles. The van der Waals surface area contributed by atoms with Gasteiger partial charge in [-0.05, 0) is 24.6 Å². The van der Waals surface area contributed by atoms with E-state index in [1.165, 1.54) is 0 Å². The zero-order chi connectivity index (χ0) is 9.84. The van der Waals surface area contributed by atoms with Crippen LogP contribution in [0, 0.1) is 6.92 Å². The van der Waals surface area contributed by atoms with Crippen LogP contribution in [0.15, 0.2) is 23.2 Å². The highest BCUT2D eigenvalue weighted by Crippen LogP contribution is 2.25. The SMILES string of the molecule is Cc1ccc(Cl)c(N=C(N)CCl)c1. The Morgan fingerprint density at radius 1 is 1.54 bits per heavy atom. The highest BCUT2D eigenvalue weighted by Gasteiger charge is 1.99. The van der Waals surface area contributed by atoms with Crippen LogP contribution in [0.1, 0.15) is 5.56 Å². The summed E-state index contributed by atoms with van der Waals surface area (Å²) in [7, 11) is 0. The minimum atomic E-state index is 0.213. The molecule has 0 bridgehead atoms. The molecular weight excluding hydrogens is 207 g/mol. The van der Waals surface area contributed by atoms with Crippen LogP contribution in [-0.2, 0) is 0 Å². The first-order valence-corrected chi connectivity index (χ1v) is 4.70. The van der Waals surface area contributed by atoms with E-state index < -0.39 is 0 Å². The van der Waals surface area contributed by atoms with Crippen LogP contribution in [0.5, 0.6) is 0 Å². The van der Waals surface area contributed by atoms with Crippen LogP contribution < -0.4 is 5.73 Å². The molecule has 2 N–H and O–H groups in total. The van der Waals surface area contributed by atoms with E-state index in [0.29, 0.717) is 16.5 Å². The molecule has 1 aromatic carbocycles. The number of aryl methyl sites for hydroxylation is 1. The number of rotatable bonds is 2. The lowest BCUT2D eigenvalue weighted by atomic mass is 10.2. The van der Waals surface area contributed by atoms with Crippen molar-refractivity contribution in [3.8, 4) is 0 Å². The zero-order valence-electron chi connectivity index (χ0n) is 7.22. The van der Waals surface area contributed by atoms with Crippen molar-refractivity contribution in [3.63, 3.8) is 0 Å². The van der Waals surface area contributed by atoms with Crippen molar-refractivity contribution in [2.45, 2.75) is 6.92 Å². The van der Waals surface area contributed by atoms with Gasteiger partial charge in [-0.3, -0.25) is 0 Å². The van der Waals surface area contributed by atoms with Gasteiger partial charge < -0.3 is 5.73 Å². The van der Waals surface area contributed by atoms with E-state index >= 15 is 0 Å². The number of halogens is 2. The third kappa shape index (κ3) is 2.90. The minimum absolute atomic E-state index is 0.213. The first kappa shape index (κ1) is 10.4. The second-order valence-corrected chi connectivity index (χ2v) is 3.37. The Hall–Kier alpha value is -0.730. The van der Waals surface area contributed by atoms with Crippen molar-refractivity contribution in [2.75, 3.05) is 5.88 Å². The molecule has 0 aromatic heterocycles. The molecule has 0 atom stereocenters. The van der Waals surface area contributed by atoms with Crippen molar-refractivity contribution in [1.82, 2.24) is 0 Å². The van der Waals surface area contributed by atoms with Crippen LogP contribution in [-0.4, -0.2) is 11.7 Å². The van der Waals surface area contributed by atoms with Gasteiger partial charge in [0.15, 0.2) is 0 Å². The Bertz CT molecular complexity index is 334. The highest BCUT2D eigenvalue weighted by molar-refractivity contribution is 6.33. The average Bonchev–Trinajstić information content (AvgIpc) is 2.11. The molecule has 0 amide bonds. The van der Waals surface area contributed by atoms with Gasteiger partial charge in [0.2, 0.25) is 0 Å². The summed E-state index contributed by atoms with van der Waals surface area (Å²) in [6.07, 6.45) is 0. The molecule has 70 valence electrons. The maximum Gasteiger partial charge on any atom is 0.115 e. The standard InChI is InChI=1S/C9H10Cl2N2/c1-6-2-3-7(11)8(4-6)13-9(12)5-10/h2-4H,5H2,1H3,(H2,12,13). The maximum absolute atomic E-state index is 5.89. The van der Waals surface area contributed by atoms with Gasteiger partial charge in [-0.15, -0.1) is 11.6 Å². The van der Waals surface area contributed by atoms with Crippen molar-refractivity contribution >= 4 is 34.7 Å². The lowest BCUT2D eigenvalue weighted by Gasteiger charge is -2.00. The summed E-state index contributed by atoms with van der Waals surface area (Å²) < 4.78 is 0. The van der Waals surface area contributed by atoms with Gasteiger partial charge in [0.25, 0.3) is 0 Å². The van der Waals surface area contributed by atoms with Crippen LogP contribution >= 0.6 is 23.2 Å². The third-order valence-corrected chi connectivity index (χ3v) is 2.10. The lowest BCUT2D eigenvalue weighted by molar-refractivity contribution is 1.40. The van der Waals surface area contributed by atoms with E-state index in [1.54, 1.807) is 6.07 Å². The summed E-state index contributed by atoms with van der Waals surface area (Å²) in [6.45, 7) is 1.96. The van der Waals surface area contributed by atoms with E-state index in [1.807, 2.05) is 19.1 Å². The Morgan fingerprint density at radius 3 is 2.85 bits per heavy atom. The molecule has 0 fully saturated rings. The van der Waals surface area contributed by atoms with Gasteiger partial charge in [-0.2, -0.15) is 0 Å². The molecule has 2 nitrogen and oxygen atoms in total. The monoisotopic (exact) mass is 216 g/mol. The fourth-order valence-corrected chi connectivity index (χ4v) is 1.11. The number of amidine groups is 1. The van der Waals surface area contributed by atoms with Gasteiger partial charge in [0, 0.05) is 0 Å². The van der Waals surface area contributed by atoms with Gasteiger partial charge in [0.05, 0.1) is 16.6 Å². The van der Waals surface area contributed by atoms with E-state index in [0.717, 1.165) is 5.56 Å². The Morgan fingerprint density at radius 2 is 2.23 bits per heavy atom. The van der Waals surface area contributed by atoms with Crippen molar-refractivity contribution in [3.05, 3.63) is 28.8 Å². The molecule has 0 unspecified atom stereocenters. The Labute approximate surface area is 87.4 Å². The normalized spacial score (nSPS) is 11.8. The topological polar surface area (TPSA) is 38.4 Å². The number of alkyl halides is 1. The molecule has 0 heterocycles. The van der Waals surface area contributed by atoms with Gasteiger partial charge in [0.1, 0.15) is 5.84 Å². The summed E-state index contributed by atoms with van der Waals surface area (Å²) in [5, 5.41) is 0.582. The van der Waals surface area contributed by atoms with E-state index in [-0.39, 0.29) is 5.88 Å². The number of benzene rings is 1. The first-order valence-electron chi connectivity index (χ1n) is 3.78. The van der Waals surface area contributed by atoms with E-state index in [9.17, 15) is 0 Å². The first-order chi connectivity index (χ1) is 6.13. The molecular formula is C9H10Cl2N2. The number of nitrogens with two attached hydrogens (primary N) is 1. The summed E-state index contributed by atoms with van der Waals surface area (Å²) in [6, 6.07) is 5.57. The molecule has 4 heteroatoms. The molecule has 0 saturated carbocycles. The second-order valence-electron chi connectivity index (χ2n) is 2.69. The van der Waals surface area contributed by atoms with Crippen LogP contribution in [0.25, 0.3) is 0 Å². The van der Waals surface area contributed by atoms with E-state index in [4.69, 9.17) is 28.9 Å². The summed E-state index contributed by atoms with van der Waals surface area (Å²) >= 11 is 11.4. The van der Waals surface area contributed by atoms with Gasteiger partial charge in [-0.25, -0.2) is 4.99 Å². The number of nitrogens with zero attached hydrogens (tertiary/aromatic N) is 1. The molecule has 0 radical (unpaired) electrons. The fraction of sp³-hybridized carbons (Fsp3) is 0.222. The molecule has 0 aliphatic carbocycles. The highest BCUT2D eigenvalue weighted by atomic mass is 35.5. The fourth-order valence-electron chi connectivity index (χ4n) is 0.893. The molecule has 0 saturated heterocycles.